The summed E-state index contributed by atoms with van der Waals surface area (Å²) in [6.45, 7) is 1.95. The number of nitrogens with zero attached hydrogens (tertiary/aromatic N) is 2. The molecule has 2 N–H and O–H groups in total. The van der Waals surface area contributed by atoms with Gasteiger partial charge in [0.05, 0.1) is 11.4 Å². The topological polar surface area (TPSA) is 87.4 Å². The van der Waals surface area contributed by atoms with E-state index in [0.717, 1.165) is 10.1 Å². The zero-order chi connectivity index (χ0) is 17.8. The number of hydrogen-bond acceptors (Lipinski definition) is 4. The van der Waals surface area contributed by atoms with Crippen LogP contribution in [0.1, 0.15) is 18.1 Å². The van der Waals surface area contributed by atoms with Crippen LogP contribution in [0.15, 0.2) is 69.2 Å². The Morgan fingerprint density at radius 2 is 1.76 bits per heavy atom. The molecule has 0 aliphatic rings. The molecule has 6 nitrogen and oxygen atoms in total. The molecule has 25 heavy (non-hydrogen) atoms. The Hall–Kier alpha value is -3.41. The molecule has 0 amide bonds. The van der Waals surface area contributed by atoms with Gasteiger partial charge in [-0.05, 0) is 30.2 Å². The first-order valence-electron chi connectivity index (χ1n) is 7.87. The minimum Gasteiger partial charge on any atom is -0.493 e. The van der Waals surface area contributed by atoms with Gasteiger partial charge in [0.2, 0.25) is 5.88 Å². The van der Waals surface area contributed by atoms with Gasteiger partial charge in [0, 0.05) is 6.21 Å². The first kappa shape index (κ1) is 16.4. The van der Waals surface area contributed by atoms with Crippen molar-refractivity contribution < 1.29 is 5.11 Å². The summed E-state index contributed by atoms with van der Waals surface area (Å²) in [6, 6.07) is 16.2. The van der Waals surface area contributed by atoms with Crippen LogP contribution in [0.5, 0.6) is 5.88 Å². The monoisotopic (exact) mass is 335 g/mol. The molecular formula is C19H17N3O3. The van der Waals surface area contributed by atoms with Gasteiger partial charge in [-0.1, -0.05) is 43.3 Å². The highest BCUT2D eigenvalue weighted by molar-refractivity contribution is 5.84. The van der Waals surface area contributed by atoms with Crippen molar-refractivity contribution in [3.63, 3.8) is 0 Å². The van der Waals surface area contributed by atoms with Crippen LogP contribution in [0.4, 0.5) is 5.69 Å². The number of hydrogen-bond donors (Lipinski definition) is 2. The summed E-state index contributed by atoms with van der Waals surface area (Å²) in [7, 11) is 0. The Morgan fingerprint density at radius 3 is 2.48 bits per heavy atom. The fraction of sp³-hybridized carbons (Fsp3) is 0.105. The first-order chi connectivity index (χ1) is 12.1. The molecule has 0 saturated heterocycles. The van der Waals surface area contributed by atoms with Gasteiger partial charge in [-0.15, -0.1) is 0 Å². The van der Waals surface area contributed by atoms with Crippen LogP contribution in [-0.2, 0) is 6.42 Å². The zero-order valence-corrected chi connectivity index (χ0v) is 13.6. The van der Waals surface area contributed by atoms with Crippen molar-refractivity contribution in [2.45, 2.75) is 13.3 Å². The molecule has 0 bridgehead atoms. The Labute approximate surface area is 143 Å². The number of aromatic hydroxyl groups is 1. The van der Waals surface area contributed by atoms with Gasteiger partial charge in [-0.25, -0.2) is 9.36 Å². The summed E-state index contributed by atoms with van der Waals surface area (Å²) in [6.07, 6.45) is 1.93. The lowest BCUT2D eigenvalue weighted by atomic mass is 10.1. The number of para-hydroxylation sites is 2. The molecule has 1 heterocycles. The van der Waals surface area contributed by atoms with Gasteiger partial charge < -0.3 is 5.11 Å². The molecule has 3 rings (SSSR count). The Balaban J connectivity index is 2.18. The van der Waals surface area contributed by atoms with Crippen molar-refractivity contribution in [2.75, 3.05) is 0 Å². The van der Waals surface area contributed by atoms with Crippen molar-refractivity contribution in [2.24, 2.45) is 4.99 Å². The molecule has 126 valence electrons. The number of benzene rings is 2. The quantitative estimate of drug-likeness (QED) is 0.718. The summed E-state index contributed by atoms with van der Waals surface area (Å²) < 4.78 is 1.09. The van der Waals surface area contributed by atoms with E-state index < -0.39 is 17.1 Å². The number of aryl methyl sites for hydroxylation is 1. The van der Waals surface area contributed by atoms with E-state index in [1.165, 1.54) is 6.21 Å². The molecule has 0 spiro atoms. The van der Waals surface area contributed by atoms with Crippen LogP contribution in [-0.4, -0.2) is 20.9 Å². The SMILES string of the molecule is CCc1ccccc1-n1c(O)c(C=Nc2ccccc2)c(=O)[nH]c1=O. The fourth-order valence-electron chi connectivity index (χ4n) is 2.56. The maximum Gasteiger partial charge on any atom is 0.335 e. The number of nitrogens with one attached hydrogen (secondary N) is 1. The van der Waals surface area contributed by atoms with E-state index in [9.17, 15) is 14.7 Å². The molecule has 1 aromatic heterocycles. The van der Waals surface area contributed by atoms with E-state index in [1.54, 1.807) is 24.3 Å². The minimum atomic E-state index is -0.694. The summed E-state index contributed by atoms with van der Waals surface area (Å²) >= 11 is 0. The lowest BCUT2D eigenvalue weighted by Gasteiger charge is -2.13. The standard InChI is InChI=1S/C19H17N3O3/c1-2-13-8-6-7-11-16(13)22-18(24)15(17(23)21-19(22)25)12-20-14-9-4-3-5-10-14/h3-12,24H,2H2,1H3,(H,21,23,25). The van der Waals surface area contributed by atoms with Crippen molar-refractivity contribution in [3.8, 4) is 11.6 Å². The molecule has 0 aliphatic heterocycles. The molecular weight excluding hydrogens is 318 g/mol. The van der Waals surface area contributed by atoms with Gasteiger partial charge in [0.1, 0.15) is 5.56 Å². The van der Waals surface area contributed by atoms with E-state index in [1.807, 2.05) is 37.3 Å². The molecule has 0 atom stereocenters. The van der Waals surface area contributed by atoms with Gasteiger partial charge in [0.25, 0.3) is 5.56 Å². The second kappa shape index (κ2) is 7.00. The van der Waals surface area contributed by atoms with Crippen molar-refractivity contribution in [1.29, 1.82) is 0 Å². The summed E-state index contributed by atoms with van der Waals surface area (Å²) in [5.41, 5.74) is 0.575. The second-order valence-electron chi connectivity index (χ2n) is 5.41. The van der Waals surface area contributed by atoms with Crippen LogP contribution in [0.25, 0.3) is 5.69 Å². The molecule has 0 unspecified atom stereocenters. The van der Waals surface area contributed by atoms with Gasteiger partial charge in [-0.2, -0.15) is 0 Å². The van der Waals surface area contributed by atoms with Crippen LogP contribution in [0.2, 0.25) is 0 Å². The van der Waals surface area contributed by atoms with Gasteiger partial charge >= 0.3 is 5.69 Å². The number of rotatable bonds is 4. The lowest BCUT2D eigenvalue weighted by Crippen LogP contribution is -2.31. The predicted molar refractivity (Wildman–Crippen MR) is 97.4 cm³/mol. The summed E-state index contributed by atoms with van der Waals surface area (Å²) in [5.74, 6) is -0.436. The normalized spacial score (nSPS) is 11.1. The molecule has 3 aromatic rings. The fourth-order valence-corrected chi connectivity index (χ4v) is 2.56. The molecule has 6 heteroatoms. The third-order valence-electron chi connectivity index (χ3n) is 3.83. The van der Waals surface area contributed by atoms with E-state index in [-0.39, 0.29) is 5.56 Å². The van der Waals surface area contributed by atoms with E-state index in [0.29, 0.717) is 17.8 Å². The van der Waals surface area contributed by atoms with Gasteiger partial charge in [0.15, 0.2) is 0 Å². The van der Waals surface area contributed by atoms with Crippen LogP contribution >= 0.6 is 0 Å². The van der Waals surface area contributed by atoms with E-state index in [4.69, 9.17) is 0 Å². The Bertz CT molecular complexity index is 1030. The van der Waals surface area contributed by atoms with E-state index in [2.05, 4.69) is 9.98 Å². The number of aromatic amines is 1. The molecule has 0 aliphatic carbocycles. The summed E-state index contributed by atoms with van der Waals surface area (Å²) in [4.78, 5) is 30.8. The molecule has 0 saturated carbocycles. The largest absolute Gasteiger partial charge is 0.493 e. The summed E-state index contributed by atoms with van der Waals surface area (Å²) in [5, 5.41) is 10.6. The van der Waals surface area contributed by atoms with E-state index >= 15 is 0 Å². The van der Waals surface area contributed by atoms with Crippen molar-refractivity contribution in [1.82, 2.24) is 9.55 Å². The third kappa shape index (κ3) is 3.28. The predicted octanol–water partition coefficient (Wildman–Crippen LogP) is 2.54. The minimum absolute atomic E-state index is 0.0747. The number of H-pyrrole nitrogens is 1. The maximum atomic E-state index is 12.3. The molecule has 2 aromatic carbocycles. The van der Waals surface area contributed by atoms with Crippen LogP contribution in [0, 0.1) is 0 Å². The van der Waals surface area contributed by atoms with Crippen LogP contribution < -0.4 is 11.2 Å². The average Bonchev–Trinajstić information content (AvgIpc) is 2.62. The molecule has 0 radical (unpaired) electrons. The first-order valence-corrected chi connectivity index (χ1v) is 7.87. The lowest BCUT2D eigenvalue weighted by molar-refractivity contribution is 0.429. The maximum absolute atomic E-state index is 12.3. The highest BCUT2D eigenvalue weighted by Crippen LogP contribution is 2.20. The second-order valence-corrected chi connectivity index (χ2v) is 5.41. The van der Waals surface area contributed by atoms with Crippen molar-refractivity contribution in [3.05, 3.63) is 86.6 Å². The highest BCUT2D eigenvalue weighted by Gasteiger charge is 2.15. The van der Waals surface area contributed by atoms with Crippen molar-refractivity contribution >= 4 is 11.9 Å². The van der Waals surface area contributed by atoms with Crippen LogP contribution in [0.3, 0.4) is 0 Å². The smallest absolute Gasteiger partial charge is 0.335 e. The average molecular weight is 335 g/mol. The van der Waals surface area contributed by atoms with Gasteiger partial charge in [-0.3, -0.25) is 14.8 Å². The number of aliphatic imine (C=N–C) groups is 1. The highest BCUT2D eigenvalue weighted by atomic mass is 16.3. The molecule has 0 fully saturated rings. The number of aromatic nitrogens is 2. The Morgan fingerprint density at radius 1 is 1.08 bits per heavy atom. The Kier molecular flexibility index (Phi) is 4.61. The zero-order valence-electron chi connectivity index (χ0n) is 13.6. The third-order valence-corrected chi connectivity index (χ3v) is 3.83.